The molecule has 3 rings (SSSR count). The summed E-state index contributed by atoms with van der Waals surface area (Å²) in [5, 5.41) is 5.44. The summed E-state index contributed by atoms with van der Waals surface area (Å²) >= 11 is 5.72. The average Bonchev–Trinajstić information content (AvgIpc) is 2.70. The summed E-state index contributed by atoms with van der Waals surface area (Å²) in [5.74, 6) is -1.41. The van der Waals surface area contributed by atoms with Crippen molar-refractivity contribution in [1.29, 1.82) is 0 Å². The van der Waals surface area contributed by atoms with Crippen molar-refractivity contribution in [2.75, 3.05) is 18.4 Å². The van der Waals surface area contributed by atoms with Gasteiger partial charge in [-0.25, -0.2) is 13.4 Å². The summed E-state index contributed by atoms with van der Waals surface area (Å²) < 4.78 is 26.6. The van der Waals surface area contributed by atoms with Crippen LogP contribution in [0.2, 0.25) is 5.02 Å². The fourth-order valence-corrected chi connectivity index (χ4v) is 4.46. The third-order valence-electron chi connectivity index (χ3n) is 4.35. The Morgan fingerprint density at radius 3 is 2.32 bits per heavy atom. The molecule has 28 heavy (non-hydrogen) atoms. The standard InChI is InChI=1S/C18H19ClN4O4S/c19-13-6-7-16(20-12-13)22-18(25)17(24)21-14-8-10-23(11-9-14)28(26,27)15-4-2-1-3-5-15/h1-7,12,14H,8-11H2,(H,21,24)(H,20,22,25). The number of benzene rings is 1. The molecule has 148 valence electrons. The summed E-state index contributed by atoms with van der Waals surface area (Å²) in [6.07, 6.45) is 2.20. The molecule has 1 aromatic carbocycles. The molecule has 0 aliphatic carbocycles. The van der Waals surface area contributed by atoms with Gasteiger partial charge in [0, 0.05) is 25.3 Å². The van der Waals surface area contributed by atoms with Crippen LogP contribution in [-0.2, 0) is 19.6 Å². The van der Waals surface area contributed by atoms with Crippen molar-refractivity contribution >= 4 is 39.3 Å². The topological polar surface area (TPSA) is 108 Å². The summed E-state index contributed by atoms with van der Waals surface area (Å²) in [5.41, 5.74) is 0. The molecule has 2 N–H and O–H groups in total. The lowest BCUT2D eigenvalue weighted by molar-refractivity contribution is -0.136. The van der Waals surface area contributed by atoms with Gasteiger partial charge < -0.3 is 10.6 Å². The number of amides is 2. The Hall–Kier alpha value is -2.49. The number of piperidine rings is 1. The molecule has 2 heterocycles. The smallest absolute Gasteiger partial charge is 0.314 e. The predicted octanol–water partition coefficient (Wildman–Crippen LogP) is 1.64. The molecule has 2 aromatic rings. The van der Waals surface area contributed by atoms with E-state index < -0.39 is 21.8 Å². The highest BCUT2D eigenvalue weighted by molar-refractivity contribution is 7.89. The monoisotopic (exact) mass is 422 g/mol. The maximum Gasteiger partial charge on any atom is 0.314 e. The first-order chi connectivity index (χ1) is 13.4. The SMILES string of the molecule is O=C(Nc1ccc(Cl)cn1)C(=O)NC1CCN(S(=O)(=O)c2ccccc2)CC1. The van der Waals surface area contributed by atoms with E-state index in [1.165, 1.54) is 16.6 Å². The Bertz CT molecular complexity index is 943. The summed E-state index contributed by atoms with van der Waals surface area (Å²) in [4.78, 5) is 28.2. The van der Waals surface area contributed by atoms with Crippen LogP contribution in [0.4, 0.5) is 5.82 Å². The summed E-state index contributed by atoms with van der Waals surface area (Å²) in [6.45, 7) is 0.533. The zero-order chi connectivity index (χ0) is 20.1. The van der Waals surface area contributed by atoms with Crippen molar-refractivity contribution in [1.82, 2.24) is 14.6 Å². The minimum atomic E-state index is -3.55. The summed E-state index contributed by atoms with van der Waals surface area (Å²) in [7, 11) is -3.55. The van der Waals surface area contributed by atoms with Crippen LogP contribution in [0.15, 0.2) is 53.6 Å². The first-order valence-electron chi connectivity index (χ1n) is 8.65. The van der Waals surface area contributed by atoms with Crippen molar-refractivity contribution in [3.63, 3.8) is 0 Å². The fourth-order valence-electron chi connectivity index (χ4n) is 2.86. The van der Waals surface area contributed by atoms with Crippen LogP contribution in [0.5, 0.6) is 0 Å². The largest absolute Gasteiger partial charge is 0.345 e. The second-order valence-electron chi connectivity index (χ2n) is 6.28. The maximum absolute atomic E-state index is 12.6. The third-order valence-corrected chi connectivity index (χ3v) is 6.48. The fraction of sp³-hybridized carbons (Fsp3) is 0.278. The molecular formula is C18H19ClN4O4S. The molecule has 1 aliphatic rings. The van der Waals surface area contributed by atoms with E-state index in [1.54, 1.807) is 36.4 Å². The molecule has 0 radical (unpaired) electrons. The van der Waals surface area contributed by atoms with E-state index in [0.717, 1.165) is 0 Å². The molecule has 0 atom stereocenters. The molecule has 2 amide bonds. The van der Waals surface area contributed by atoms with Crippen molar-refractivity contribution < 1.29 is 18.0 Å². The molecule has 0 bridgehead atoms. The zero-order valence-corrected chi connectivity index (χ0v) is 16.4. The van der Waals surface area contributed by atoms with Crippen LogP contribution in [0.1, 0.15) is 12.8 Å². The number of sulfonamides is 1. The number of carbonyl (C=O) groups is 2. The van der Waals surface area contributed by atoms with E-state index in [2.05, 4.69) is 15.6 Å². The molecule has 10 heteroatoms. The number of nitrogens with zero attached hydrogens (tertiary/aromatic N) is 2. The van der Waals surface area contributed by atoms with Gasteiger partial charge in [-0.15, -0.1) is 0 Å². The lowest BCUT2D eigenvalue weighted by Gasteiger charge is -2.31. The first kappa shape index (κ1) is 20.2. The van der Waals surface area contributed by atoms with Gasteiger partial charge in [-0.1, -0.05) is 29.8 Å². The van der Waals surface area contributed by atoms with Gasteiger partial charge in [-0.3, -0.25) is 9.59 Å². The van der Waals surface area contributed by atoms with E-state index >= 15 is 0 Å². The molecule has 0 unspecified atom stereocenters. The number of anilines is 1. The highest BCUT2D eigenvalue weighted by Gasteiger charge is 2.30. The van der Waals surface area contributed by atoms with Gasteiger partial charge >= 0.3 is 11.8 Å². The van der Waals surface area contributed by atoms with Gasteiger partial charge in [0.25, 0.3) is 0 Å². The number of hydrogen-bond acceptors (Lipinski definition) is 5. The number of nitrogens with one attached hydrogen (secondary N) is 2. The van der Waals surface area contributed by atoms with Gasteiger partial charge in [0.1, 0.15) is 5.82 Å². The molecule has 1 aliphatic heterocycles. The van der Waals surface area contributed by atoms with Crippen LogP contribution >= 0.6 is 11.6 Å². The highest BCUT2D eigenvalue weighted by atomic mass is 35.5. The number of rotatable bonds is 4. The molecule has 8 nitrogen and oxygen atoms in total. The maximum atomic E-state index is 12.6. The first-order valence-corrected chi connectivity index (χ1v) is 10.5. The van der Waals surface area contributed by atoms with E-state index in [1.807, 2.05) is 0 Å². The second-order valence-corrected chi connectivity index (χ2v) is 8.66. The molecule has 1 saturated heterocycles. The Balaban J connectivity index is 1.51. The van der Waals surface area contributed by atoms with Crippen LogP contribution in [0, 0.1) is 0 Å². The second kappa shape index (κ2) is 8.68. The Kier molecular flexibility index (Phi) is 6.28. The van der Waals surface area contributed by atoms with E-state index in [0.29, 0.717) is 17.9 Å². The van der Waals surface area contributed by atoms with Gasteiger partial charge in [-0.05, 0) is 37.1 Å². The van der Waals surface area contributed by atoms with E-state index in [4.69, 9.17) is 11.6 Å². The zero-order valence-electron chi connectivity index (χ0n) is 14.8. The van der Waals surface area contributed by atoms with Crippen LogP contribution in [-0.4, -0.2) is 48.7 Å². The summed E-state index contributed by atoms with van der Waals surface area (Å²) in [6, 6.07) is 11.0. The van der Waals surface area contributed by atoms with E-state index in [-0.39, 0.29) is 29.8 Å². The van der Waals surface area contributed by atoms with Crippen molar-refractivity contribution in [2.24, 2.45) is 0 Å². The van der Waals surface area contributed by atoms with Gasteiger partial charge in [0.2, 0.25) is 10.0 Å². The number of halogens is 1. The van der Waals surface area contributed by atoms with Crippen molar-refractivity contribution in [3.05, 3.63) is 53.7 Å². The quantitative estimate of drug-likeness (QED) is 0.728. The molecule has 1 fully saturated rings. The Labute approximate surface area is 168 Å². The Morgan fingerprint density at radius 2 is 1.71 bits per heavy atom. The molecule has 0 saturated carbocycles. The number of hydrogen-bond donors (Lipinski definition) is 2. The molecular weight excluding hydrogens is 404 g/mol. The molecule has 0 spiro atoms. The third kappa shape index (κ3) is 4.86. The van der Waals surface area contributed by atoms with E-state index in [9.17, 15) is 18.0 Å². The lowest BCUT2D eigenvalue weighted by Crippen LogP contribution is -2.48. The number of aromatic nitrogens is 1. The lowest BCUT2D eigenvalue weighted by atomic mass is 10.1. The Morgan fingerprint density at radius 1 is 1.04 bits per heavy atom. The number of pyridine rings is 1. The normalized spacial score (nSPS) is 15.8. The predicted molar refractivity (Wildman–Crippen MR) is 104 cm³/mol. The highest BCUT2D eigenvalue weighted by Crippen LogP contribution is 2.20. The van der Waals surface area contributed by atoms with Crippen LogP contribution in [0.25, 0.3) is 0 Å². The van der Waals surface area contributed by atoms with Crippen LogP contribution in [0.3, 0.4) is 0 Å². The van der Waals surface area contributed by atoms with Crippen molar-refractivity contribution in [2.45, 2.75) is 23.8 Å². The molecule has 1 aromatic heterocycles. The minimum absolute atomic E-state index is 0.216. The average molecular weight is 423 g/mol. The van der Waals surface area contributed by atoms with Crippen LogP contribution < -0.4 is 10.6 Å². The minimum Gasteiger partial charge on any atom is -0.345 e. The number of carbonyl (C=O) groups excluding carboxylic acids is 2. The van der Waals surface area contributed by atoms with Gasteiger partial charge in [0.15, 0.2) is 0 Å². The van der Waals surface area contributed by atoms with Gasteiger partial charge in [-0.2, -0.15) is 4.31 Å². The van der Waals surface area contributed by atoms with Gasteiger partial charge in [0.05, 0.1) is 9.92 Å². The van der Waals surface area contributed by atoms with Crippen molar-refractivity contribution in [3.8, 4) is 0 Å².